The first-order valence-electron chi connectivity index (χ1n) is 7.72. The van der Waals surface area contributed by atoms with Crippen molar-refractivity contribution in [1.82, 2.24) is 15.0 Å². The molecule has 3 rings (SSSR count). The molecule has 0 spiro atoms. The van der Waals surface area contributed by atoms with Gasteiger partial charge in [0.1, 0.15) is 6.61 Å². The van der Waals surface area contributed by atoms with E-state index >= 15 is 0 Å². The molecule has 2 aliphatic rings. The minimum Gasteiger partial charge on any atom is -0.461 e. The Morgan fingerprint density at radius 2 is 1.95 bits per heavy atom. The second-order valence-corrected chi connectivity index (χ2v) is 5.87. The van der Waals surface area contributed by atoms with Crippen LogP contribution in [0, 0.1) is 0 Å². The summed E-state index contributed by atoms with van der Waals surface area (Å²) in [7, 11) is 0. The topological polar surface area (TPSA) is 60.4 Å². The van der Waals surface area contributed by atoms with Gasteiger partial charge in [0.15, 0.2) is 0 Å². The van der Waals surface area contributed by atoms with E-state index in [4.69, 9.17) is 21.1 Å². The molecule has 0 saturated carbocycles. The Bertz CT molecular complexity index is 462. The van der Waals surface area contributed by atoms with Crippen LogP contribution >= 0.6 is 11.6 Å². The maximum atomic E-state index is 5.99. The van der Waals surface area contributed by atoms with E-state index in [0.29, 0.717) is 18.6 Å². The maximum absolute atomic E-state index is 5.99. The van der Waals surface area contributed by atoms with Crippen LogP contribution in [-0.4, -0.2) is 47.4 Å². The fraction of sp³-hybridized carbons (Fsp3) is 0.786. The predicted molar refractivity (Wildman–Crippen MR) is 80.0 cm³/mol. The van der Waals surface area contributed by atoms with Gasteiger partial charge in [-0.1, -0.05) is 0 Å². The molecule has 6 nitrogen and oxygen atoms in total. The van der Waals surface area contributed by atoms with Crippen LogP contribution in [0.4, 0.5) is 5.95 Å². The fourth-order valence-corrected chi connectivity index (χ4v) is 2.88. The van der Waals surface area contributed by atoms with Gasteiger partial charge in [0, 0.05) is 19.7 Å². The zero-order valence-corrected chi connectivity index (χ0v) is 12.9. The van der Waals surface area contributed by atoms with Crippen molar-refractivity contribution in [2.24, 2.45) is 0 Å². The van der Waals surface area contributed by atoms with Crippen molar-refractivity contribution in [3.8, 4) is 6.01 Å². The molecule has 3 heterocycles. The molecule has 1 aromatic rings. The Labute approximate surface area is 129 Å². The number of hydrogen-bond donors (Lipinski definition) is 0. The summed E-state index contributed by atoms with van der Waals surface area (Å²) in [5, 5.41) is 0.185. The third-order valence-electron chi connectivity index (χ3n) is 3.89. The molecule has 2 aliphatic heterocycles. The van der Waals surface area contributed by atoms with E-state index in [1.54, 1.807) is 0 Å². The largest absolute Gasteiger partial charge is 0.461 e. The first-order chi connectivity index (χ1) is 10.3. The van der Waals surface area contributed by atoms with Crippen LogP contribution in [0.25, 0.3) is 0 Å². The van der Waals surface area contributed by atoms with Gasteiger partial charge in [0.25, 0.3) is 0 Å². The molecule has 0 aromatic carbocycles. The van der Waals surface area contributed by atoms with E-state index in [9.17, 15) is 0 Å². The highest BCUT2D eigenvalue weighted by molar-refractivity contribution is 6.28. The van der Waals surface area contributed by atoms with Crippen LogP contribution in [0.2, 0.25) is 5.28 Å². The second kappa shape index (κ2) is 7.22. The van der Waals surface area contributed by atoms with Crippen LogP contribution in [0.15, 0.2) is 0 Å². The molecule has 1 aromatic heterocycles. The summed E-state index contributed by atoms with van der Waals surface area (Å²) in [4.78, 5) is 14.8. The average Bonchev–Trinajstić information content (AvgIpc) is 2.54. The summed E-state index contributed by atoms with van der Waals surface area (Å²) < 4.78 is 11.3. The standard InChI is InChI=1S/C14H21ClN4O2/c15-12-16-13(19-7-3-1-4-8-19)18-14(17-12)21-10-11-6-2-5-9-20-11/h11H,1-10H2. The zero-order valence-electron chi connectivity index (χ0n) is 12.1. The smallest absolute Gasteiger partial charge is 0.322 e. The highest BCUT2D eigenvalue weighted by Crippen LogP contribution is 2.20. The van der Waals surface area contributed by atoms with E-state index in [2.05, 4.69) is 19.9 Å². The summed E-state index contributed by atoms with van der Waals surface area (Å²) in [6.07, 6.45) is 7.06. The summed E-state index contributed by atoms with van der Waals surface area (Å²) >= 11 is 5.99. The molecule has 0 N–H and O–H groups in total. The number of rotatable bonds is 4. The Morgan fingerprint density at radius 3 is 2.71 bits per heavy atom. The molecule has 2 fully saturated rings. The first-order valence-corrected chi connectivity index (χ1v) is 8.10. The van der Waals surface area contributed by atoms with Crippen LogP contribution in [0.3, 0.4) is 0 Å². The number of nitrogens with zero attached hydrogens (tertiary/aromatic N) is 4. The highest BCUT2D eigenvalue weighted by atomic mass is 35.5. The van der Waals surface area contributed by atoms with Crippen LogP contribution in [0.1, 0.15) is 38.5 Å². The van der Waals surface area contributed by atoms with E-state index in [1.165, 1.54) is 12.8 Å². The molecule has 116 valence electrons. The van der Waals surface area contributed by atoms with Crippen molar-refractivity contribution >= 4 is 17.5 Å². The lowest BCUT2D eigenvalue weighted by molar-refractivity contribution is -0.0129. The molecule has 2 saturated heterocycles. The van der Waals surface area contributed by atoms with Crippen molar-refractivity contribution in [3.05, 3.63) is 5.28 Å². The van der Waals surface area contributed by atoms with Gasteiger partial charge >= 0.3 is 6.01 Å². The van der Waals surface area contributed by atoms with Crippen molar-refractivity contribution in [1.29, 1.82) is 0 Å². The van der Waals surface area contributed by atoms with Crippen LogP contribution in [-0.2, 0) is 4.74 Å². The molecule has 0 bridgehead atoms. The van der Waals surface area contributed by atoms with Gasteiger partial charge < -0.3 is 14.4 Å². The lowest BCUT2D eigenvalue weighted by atomic mass is 10.1. The first kappa shape index (κ1) is 14.8. The third kappa shape index (κ3) is 4.17. The molecule has 1 atom stereocenters. The van der Waals surface area contributed by atoms with Crippen LogP contribution < -0.4 is 9.64 Å². The second-order valence-electron chi connectivity index (χ2n) is 5.53. The quantitative estimate of drug-likeness (QED) is 0.851. The van der Waals surface area contributed by atoms with E-state index in [-0.39, 0.29) is 11.4 Å². The lowest BCUT2D eigenvalue weighted by Crippen LogP contribution is -2.31. The zero-order chi connectivity index (χ0) is 14.5. The summed E-state index contributed by atoms with van der Waals surface area (Å²) in [5.41, 5.74) is 0. The van der Waals surface area contributed by atoms with E-state index < -0.39 is 0 Å². The number of piperidine rings is 1. The van der Waals surface area contributed by atoms with Gasteiger partial charge in [-0.05, 0) is 50.1 Å². The van der Waals surface area contributed by atoms with Gasteiger partial charge in [0.2, 0.25) is 11.2 Å². The lowest BCUT2D eigenvalue weighted by Gasteiger charge is -2.26. The summed E-state index contributed by atoms with van der Waals surface area (Å²) in [6.45, 7) is 3.21. The molecule has 7 heteroatoms. The normalized spacial score (nSPS) is 23.1. The predicted octanol–water partition coefficient (Wildman–Crippen LogP) is 2.46. The molecular formula is C14H21ClN4O2. The van der Waals surface area contributed by atoms with Gasteiger partial charge in [-0.3, -0.25) is 0 Å². The van der Waals surface area contributed by atoms with Crippen molar-refractivity contribution in [3.63, 3.8) is 0 Å². The maximum Gasteiger partial charge on any atom is 0.322 e. The molecule has 0 amide bonds. The molecule has 0 radical (unpaired) electrons. The Balaban J connectivity index is 1.62. The van der Waals surface area contributed by atoms with Gasteiger partial charge in [0.05, 0.1) is 6.10 Å². The van der Waals surface area contributed by atoms with Gasteiger partial charge in [-0.15, -0.1) is 0 Å². The SMILES string of the molecule is Clc1nc(OCC2CCCCO2)nc(N2CCCCC2)n1. The number of hydrogen-bond acceptors (Lipinski definition) is 6. The number of halogens is 1. The fourth-order valence-electron chi connectivity index (χ4n) is 2.73. The van der Waals surface area contributed by atoms with Crippen LogP contribution in [0.5, 0.6) is 6.01 Å². The van der Waals surface area contributed by atoms with Crippen molar-refractivity contribution < 1.29 is 9.47 Å². The number of aromatic nitrogens is 3. The average molecular weight is 313 g/mol. The van der Waals surface area contributed by atoms with Crippen molar-refractivity contribution in [2.45, 2.75) is 44.6 Å². The van der Waals surface area contributed by atoms with Gasteiger partial charge in [-0.2, -0.15) is 15.0 Å². The summed E-state index contributed by atoms with van der Waals surface area (Å²) in [5.74, 6) is 0.620. The monoisotopic (exact) mass is 312 g/mol. The Hall–Kier alpha value is -1.14. The van der Waals surface area contributed by atoms with Gasteiger partial charge in [-0.25, -0.2) is 0 Å². The van der Waals surface area contributed by atoms with E-state index in [1.807, 2.05) is 0 Å². The van der Waals surface area contributed by atoms with Crippen molar-refractivity contribution in [2.75, 3.05) is 31.2 Å². The third-order valence-corrected chi connectivity index (χ3v) is 4.06. The minimum absolute atomic E-state index is 0.132. The number of ether oxygens (including phenoxy) is 2. The molecular weight excluding hydrogens is 292 g/mol. The molecule has 1 unspecified atom stereocenters. The van der Waals surface area contributed by atoms with E-state index in [0.717, 1.165) is 45.4 Å². The Morgan fingerprint density at radius 1 is 1.10 bits per heavy atom. The highest BCUT2D eigenvalue weighted by Gasteiger charge is 2.18. The summed E-state index contributed by atoms with van der Waals surface area (Å²) in [6, 6.07) is 0.296. The molecule has 0 aliphatic carbocycles. The Kier molecular flexibility index (Phi) is 5.08. The number of anilines is 1. The molecule has 21 heavy (non-hydrogen) atoms. The minimum atomic E-state index is 0.132.